The van der Waals surface area contributed by atoms with Crippen molar-refractivity contribution in [3.05, 3.63) is 23.2 Å². The Morgan fingerprint density at radius 1 is 1.38 bits per heavy atom. The Labute approximate surface area is 157 Å². The van der Waals surface area contributed by atoms with Crippen molar-refractivity contribution in [1.29, 1.82) is 0 Å². The molecule has 1 aromatic rings. The van der Waals surface area contributed by atoms with Crippen LogP contribution in [0.15, 0.2) is 10.5 Å². The number of carbonyl (C=O) groups is 3. The fourth-order valence-corrected chi connectivity index (χ4v) is 4.02. The van der Waals surface area contributed by atoms with Gasteiger partial charge in [-0.3, -0.25) is 9.59 Å². The smallest absolute Gasteiger partial charge is 0.339 e. The normalized spacial score (nSPS) is 17.4. The molecule has 0 saturated carbocycles. The minimum atomic E-state index is -1.06. The molecule has 0 bridgehead atoms. The van der Waals surface area contributed by atoms with Crippen LogP contribution in [0.5, 0.6) is 0 Å². The predicted octanol–water partition coefficient (Wildman–Crippen LogP) is 2.58. The van der Waals surface area contributed by atoms with Crippen molar-refractivity contribution >= 4 is 29.5 Å². The van der Waals surface area contributed by atoms with Gasteiger partial charge in [0.05, 0.1) is 12.4 Å². The maximum absolute atomic E-state index is 12.8. The molecule has 1 aromatic heterocycles. The Morgan fingerprint density at radius 2 is 2.04 bits per heavy atom. The zero-order valence-electron chi connectivity index (χ0n) is 15.9. The van der Waals surface area contributed by atoms with E-state index in [0.29, 0.717) is 29.6 Å². The third-order valence-electron chi connectivity index (χ3n) is 4.14. The number of nitrogens with zero attached hydrogens (tertiary/aromatic N) is 2. The third kappa shape index (κ3) is 4.81. The maximum atomic E-state index is 12.8. The fourth-order valence-electron chi connectivity index (χ4n) is 2.85. The van der Waals surface area contributed by atoms with Crippen molar-refractivity contribution in [2.45, 2.75) is 46.7 Å². The SMILES string of the molecule is Cc1oc(CN(C)C(=O)C2CSCN2C(=O)CC(C)(C)C)cc1C(=O)O. The summed E-state index contributed by atoms with van der Waals surface area (Å²) in [5, 5.41) is 9.10. The van der Waals surface area contributed by atoms with Crippen LogP contribution in [0.25, 0.3) is 0 Å². The molecule has 0 radical (unpaired) electrons. The van der Waals surface area contributed by atoms with E-state index in [1.54, 1.807) is 30.6 Å². The number of furan rings is 1. The molecule has 26 heavy (non-hydrogen) atoms. The largest absolute Gasteiger partial charge is 0.478 e. The molecule has 0 aromatic carbocycles. The predicted molar refractivity (Wildman–Crippen MR) is 98.9 cm³/mol. The van der Waals surface area contributed by atoms with Crippen LogP contribution in [-0.2, 0) is 16.1 Å². The molecule has 2 rings (SSSR count). The van der Waals surface area contributed by atoms with Crippen molar-refractivity contribution < 1.29 is 23.9 Å². The van der Waals surface area contributed by atoms with Crippen molar-refractivity contribution in [2.24, 2.45) is 5.41 Å². The average molecular weight is 382 g/mol. The molecule has 1 aliphatic rings. The molecule has 2 amide bonds. The Hall–Kier alpha value is -1.96. The summed E-state index contributed by atoms with van der Waals surface area (Å²) in [5.74, 6) is 0.566. The van der Waals surface area contributed by atoms with Crippen molar-refractivity contribution in [3.63, 3.8) is 0 Å². The molecule has 7 nitrogen and oxygen atoms in total. The van der Waals surface area contributed by atoms with Gasteiger partial charge >= 0.3 is 5.97 Å². The van der Waals surface area contributed by atoms with E-state index in [1.165, 1.54) is 11.0 Å². The highest BCUT2D eigenvalue weighted by Crippen LogP contribution is 2.27. The summed E-state index contributed by atoms with van der Waals surface area (Å²) in [5.41, 5.74) is -0.0396. The second-order valence-electron chi connectivity index (χ2n) is 7.80. The lowest BCUT2D eigenvalue weighted by atomic mass is 9.91. The lowest BCUT2D eigenvalue weighted by Gasteiger charge is -2.29. The van der Waals surface area contributed by atoms with E-state index in [9.17, 15) is 14.4 Å². The number of carbonyl (C=O) groups excluding carboxylic acids is 2. The van der Waals surface area contributed by atoms with Gasteiger partial charge in [0.25, 0.3) is 0 Å². The molecule has 0 spiro atoms. The van der Waals surface area contributed by atoms with Gasteiger partial charge in [-0.05, 0) is 18.4 Å². The number of carboxylic acids is 1. The van der Waals surface area contributed by atoms with Crippen LogP contribution in [-0.4, -0.2) is 57.4 Å². The summed E-state index contributed by atoms with van der Waals surface area (Å²) in [7, 11) is 1.63. The second-order valence-corrected chi connectivity index (χ2v) is 8.80. The van der Waals surface area contributed by atoms with Gasteiger partial charge in [-0.25, -0.2) is 4.79 Å². The molecular formula is C18H26N2O5S. The maximum Gasteiger partial charge on any atom is 0.339 e. The van der Waals surface area contributed by atoms with E-state index in [2.05, 4.69) is 0 Å². The number of hydrogen-bond acceptors (Lipinski definition) is 5. The minimum absolute atomic E-state index is 0.0174. The quantitative estimate of drug-likeness (QED) is 0.842. The first-order chi connectivity index (χ1) is 12.0. The fraction of sp³-hybridized carbons (Fsp3) is 0.611. The van der Waals surface area contributed by atoms with Gasteiger partial charge < -0.3 is 19.3 Å². The standard InChI is InChI=1S/C18H26N2O5S/c1-11-13(17(23)24)6-12(25-11)8-19(5)16(22)14-9-26-10-20(14)15(21)7-18(2,3)4/h6,14H,7-10H2,1-5H3,(H,23,24). The van der Waals surface area contributed by atoms with Gasteiger partial charge in [0, 0.05) is 19.2 Å². The minimum Gasteiger partial charge on any atom is -0.478 e. The molecule has 1 aliphatic heterocycles. The van der Waals surface area contributed by atoms with E-state index >= 15 is 0 Å². The topological polar surface area (TPSA) is 91.1 Å². The summed E-state index contributed by atoms with van der Waals surface area (Å²) in [4.78, 5) is 39.6. The molecule has 0 aliphatic carbocycles. The average Bonchev–Trinajstić information content (AvgIpc) is 3.11. The number of carboxylic acid groups (broad SMARTS) is 1. The number of rotatable bonds is 5. The third-order valence-corrected chi connectivity index (χ3v) is 5.15. The Kier molecular flexibility index (Phi) is 6.05. The summed E-state index contributed by atoms with van der Waals surface area (Å²) in [6, 6.07) is 0.947. The lowest BCUT2D eigenvalue weighted by Crippen LogP contribution is -2.48. The van der Waals surface area contributed by atoms with Crippen molar-refractivity contribution in [2.75, 3.05) is 18.7 Å². The molecule has 1 saturated heterocycles. The van der Waals surface area contributed by atoms with Crippen LogP contribution in [0.4, 0.5) is 0 Å². The van der Waals surface area contributed by atoms with E-state index in [1.807, 2.05) is 20.8 Å². The van der Waals surface area contributed by atoms with E-state index < -0.39 is 12.0 Å². The lowest BCUT2D eigenvalue weighted by molar-refractivity contribution is -0.144. The molecule has 1 unspecified atom stereocenters. The van der Waals surface area contributed by atoms with Gasteiger partial charge in [-0.15, -0.1) is 11.8 Å². The first-order valence-corrected chi connectivity index (χ1v) is 9.60. The van der Waals surface area contributed by atoms with Gasteiger partial charge in [-0.2, -0.15) is 0 Å². The van der Waals surface area contributed by atoms with E-state index in [0.717, 1.165) is 0 Å². The van der Waals surface area contributed by atoms with Gasteiger partial charge in [0.15, 0.2) is 0 Å². The summed E-state index contributed by atoms with van der Waals surface area (Å²) in [6.07, 6.45) is 0.389. The number of likely N-dealkylation sites (N-methyl/N-ethyl adjacent to an activating group) is 1. The zero-order valence-corrected chi connectivity index (χ0v) is 16.7. The molecule has 1 N–H and O–H groups in total. The van der Waals surface area contributed by atoms with E-state index in [4.69, 9.17) is 9.52 Å². The molecule has 144 valence electrons. The molecule has 1 fully saturated rings. The van der Waals surface area contributed by atoms with Crippen LogP contribution < -0.4 is 0 Å². The van der Waals surface area contributed by atoms with Crippen LogP contribution in [0, 0.1) is 12.3 Å². The van der Waals surface area contributed by atoms with Gasteiger partial charge in [-0.1, -0.05) is 20.8 Å². The highest BCUT2D eigenvalue weighted by molar-refractivity contribution is 7.99. The van der Waals surface area contributed by atoms with Crippen LogP contribution in [0.1, 0.15) is 49.1 Å². The zero-order chi connectivity index (χ0) is 19.6. The molecule has 8 heteroatoms. The van der Waals surface area contributed by atoms with E-state index in [-0.39, 0.29) is 29.3 Å². The summed E-state index contributed by atoms with van der Waals surface area (Å²) >= 11 is 1.56. The Balaban J connectivity index is 2.05. The highest BCUT2D eigenvalue weighted by atomic mass is 32.2. The van der Waals surface area contributed by atoms with Crippen LogP contribution in [0.2, 0.25) is 0 Å². The van der Waals surface area contributed by atoms with Gasteiger partial charge in [0.1, 0.15) is 23.1 Å². The molecule has 2 heterocycles. The Morgan fingerprint density at radius 3 is 2.58 bits per heavy atom. The summed E-state index contributed by atoms with van der Waals surface area (Å²) < 4.78 is 5.44. The number of thioether (sulfide) groups is 1. The van der Waals surface area contributed by atoms with Crippen molar-refractivity contribution in [3.8, 4) is 0 Å². The first kappa shape index (κ1) is 20.4. The number of amides is 2. The Bertz CT molecular complexity index is 707. The second kappa shape index (κ2) is 7.73. The van der Waals surface area contributed by atoms with Crippen molar-refractivity contribution in [1.82, 2.24) is 9.80 Å². The molecular weight excluding hydrogens is 356 g/mol. The number of aryl methyl sites for hydroxylation is 1. The molecule has 1 atom stereocenters. The first-order valence-electron chi connectivity index (χ1n) is 8.44. The number of hydrogen-bond donors (Lipinski definition) is 1. The highest BCUT2D eigenvalue weighted by Gasteiger charge is 2.37. The monoisotopic (exact) mass is 382 g/mol. The summed E-state index contributed by atoms with van der Waals surface area (Å²) in [6.45, 7) is 7.73. The van der Waals surface area contributed by atoms with Crippen LogP contribution >= 0.6 is 11.8 Å². The van der Waals surface area contributed by atoms with Gasteiger partial charge in [0.2, 0.25) is 11.8 Å². The van der Waals surface area contributed by atoms with Crippen LogP contribution in [0.3, 0.4) is 0 Å². The number of aromatic carboxylic acids is 1.